The van der Waals surface area contributed by atoms with Crippen LogP contribution in [-0.4, -0.2) is 44.8 Å². The summed E-state index contributed by atoms with van der Waals surface area (Å²) < 4.78 is 15.7. The zero-order chi connectivity index (χ0) is 21.0. The largest absolute Gasteiger partial charge is 0.493 e. The van der Waals surface area contributed by atoms with Gasteiger partial charge in [0.25, 0.3) is 0 Å². The summed E-state index contributed by atoms with van der Waals surface area (Å²) in [6, 6.07) is 10.6. The summed E-state index contributed by atoms with van der Waals surface area (Å²) in [6.45, 7) is 2.41. The van der Waals surface area contributed by atoms with Crippen LogP contribution in [0.2, 0.25) is 0 Å². The lowest BCUT2D eigenvalue weighted by Crippen LogP contribution is -2.43. The number of aryl methyl sites for hydroxylation is 1. The Morgan fingerprint density at radius 2 is 1.79 bits per heavy atom. The fourth-order valence-electron chi connectivity index (χ4n) is 3.63. The molecule has 0 fully saturated rings. The van der Waals surface area contributed by atoms with Crippen LogP contribution in [0.4, 0.5) is 10.5 Å². The third-order valence-corrected chi connectivity index (χ3v) is 5.24. The third-order valence-electron chi connectivity index (χ3n) is 5.24. The number of urea groups is 1. The smallest absolute Gasteiger partial charge is 0.322 e. The maximum absolute atomic E-state index is 13.1. The molecule has 0 aromatic heterocycles. The van der Waals surface area contributed by atoms with Gasteiger partial charge in [0, 0.05) is 12.2 Å². The number of anilines is 1. The molecular formula is C22H26N2O5. The molecule has 2 amide bonds. The summed E-state index contributed by atoms with van der Waals surface area (Å²) in [5.41, 5.74) is 3.59. The molecule has 1 N–H and O–H groups in total. The van der Waals surface area contributed by atoms with Crippen molar-refractivity contribution in [2.24, 2.45) is 0 Å². The molecule has 2 aromatic carbocycles. The van der Waals surface area contributed by atoms with Crippen molar-refractivity contribution in [2.75, 3.05) is 33.2 Å². The van der Waals surface area contributed by atoms with Crippen molar-refractivity contribution in [2.45, 2.75) is 25.8 Å². The SMILES string of the molecule is COC(=O)CC1c2cc(OC)c(OC)cc2CCN1C(=O)Nc1ccccc1C. The Labute approximate surface area is 170 Å². The van der Waals surface area contributed by atoms with Gasteiger partial charge in [-0.15, -0.1) is 0 Å². The number of rotatable bonds is 5. The topological polar surface area (TPSA) is 77.1 Å². The molecule has 0 spiro atoms. The summed E-state index contributed by atoms with van der Waals surface area (Å²) in [4.78, 5) is 26.9. The standard InChI is InChI=1S/C22H26N2O5/c1-14-7-5-6-8-17(14)23-22(26)24-10-9-15-11-19(27-2)20(28-3)12-16(15)18(24)13-21(25)29-4/h5-8,11-12,18H,9-10,13H2,1-4H3,(H,23,26). The fraction of sp³-hybridized carbons (Fsp3) is 0.364. The molecule has 1 heterocycles. The molecule has 1 unspecified atom stereocenters. The van der Waals surface area contributed by atoms with Crippen molar-refractivity contribution in [3.8, 4) is 11.5 Å². The Morgan fingerprint density at radius 3 is 2.45 bits per heavy atom. The van der Waals surface area contributed by atoms with Crippen molar-refractivity contribution >= 4 is 17.7 Å². The zero-order valence-electron chi connectivity index (χ0n) is 17.2. The molecule has 29 heavy (non-hydrogen) atoms. The summed E-state index contributed by atoms with van der Waals surface area (Å²) in [5, 5.41) is 2.96. The Hall–Kier alpha value is -3.22. The van der Waals surface area contributed by atoms with E-state index in [1.54, 1.807) is 19.1 Å². The van der Waals surface area contributed by atoms with E-state index in [2.05, 4.69) is 5.32 Å². The molecule has 1 atom stereocenters. The van der Waals surface area contributed by atoms with Crippen LogP contribution in [0.5, 0.6) is 11.5 Å². The second-order valence-corrected chi connectivity index (χ2v) is 6.89. The minimum absolute atomic E-state index is 0.0557. The molecule has 7 heteroatoms. The number of nitrogens with one attached hydrogen (secondary N) is 1. The number of hydrogen-bond acceptors (Lipinski definition) is 5. The zero-order valence-corrected chi connectivity index (χ0v) is 17.2. The average molecular weight is 398 g/mol. The number of fused-ring (bicyclic) bond motifs is 1. The number of amides is 2. The van der Waals surface area contributed by atoms with Crippen LogP contribution in [-0.2, 0) is 16.0 Å². The van der Waals surface area contributed by atoms with Crippen LogP contribution < -0.4 is 14.8 Å². The van der Waals surface area contributed by atoms with E-state index >= 15 is 0 Å². The number of nitrogens with zero attached hydrogens (tertiary/aromatic N) is 1. The molecule has 3 rings (SSSR count). The third kappa shape index (κ3) is 4.29. The van der Waals surface area contributed by atoms with Gasteiger partial charge < -0.3 is 24.4 Å². The van der Waals surface area contributed by atoms with E-state index in [4.69, 9.17) is 14.2 Å². The lowest BCUT2D eigenvalue weighted by molar-refractivity contribution is -0.141. The van der Waals surface area contributed by atoms with Gasteiger partial charge in [-0.25, -0.2) is 4.79 Å². The molecule has 0 saturated carbocycles. The molecule has 7 nitrogen and oxygen atoms in total. The number of methoxy groups -OCH3 is 3. The molecule has 0 bridgehead atoms. The van der Waals surface area contributed by atoms with E-state index in [1.807, 2.05) is 43.3 Å². The van der Waals surface area contributed by atoms with E-state index in [-0.39, 0.29) is 18.4 Å². The summed E-state index contributed by atoms with van der Waals surface area (Å²) in [7, 11) is 4.49. The highest BCUT2D eigenvalue weighted by atomic mass is 16.5. The maximum Gasteiger partial charge on any atom is 0.322 e. The van der Waals surface area contributed by atoms with Crippen molar-refractivity contribution in [3.63, 3.8) is 0 Å². The Bertz CT molecular complexity index is 912. The minimum atomic E-state index is -0.463. The number of hydrogen-bond donors (Lipinski definition) is 1. The van der Waals surface area contributed by atoms with Gasteiger partial charge in [0.1, 0.15) is 0 Å². The number of esters is 1. The number of carbonyl (C=O) groups excluding carboxylic acids is 2. The first-order chi connectivity index (χ1) is 14.0. The predicted molar refractivity (Wildman–Crippen MR) is 110 cm³/mol. The Kier molecular flexibility index (Phi) is 6.26. The van der Waals surface area contributed by atoms with E-state index in [0.29, 0.717) is 24.5 Å². The normalized spacial score (nSPS) is 15.3. The highest BCUT2D eigenvalue weighted by Crippen LogP contribution is 2.39. The molecule has 2 aromatic rings. The number of para-hydroxylation sites is 1. The van der Waals surface area contributed by atoms with E-state index < -0.39 is 6.04 Å². The predicted octanol–water partition coefficient (Wildman–Crippen LogP) is 3.71. The maximum atomic E-state index is 13.1. The second-order valence-electron chi connectivity index (χ2n) is 6.89. The van der Waals surface area contributed by atoms with Crippen molar-refractivity contribution in [1.29, 1.82) is 0 Å². The molecule has 1 aliphatic heterocycles. The van der Waals surface area contributed by atoms with Gasteiger partial charge in [-0.1, -0.05) is 18.2 Å². The van der Waals surface area contributed by atoms with Gasteiger partial charge in [-0.3, -0.25) is 4.79 Å². The van der Waals surface area contributed by atoms with Crippen LogP contribution in [0.1, 0.15) is 29.2 Å². The van der Waals surface area contributed by atoms with Crippen LogP contribution >= 0.6 is 0 Å². The second kappa shape index (κ2) is 8.86. The number of carbonyl (C=O) groups is 2. The van der Waals surface area contributed by atoms with Gasteiger partial charge >= 0.3 is 12.0 Å². The van der Waals surface area contributed by atoms with Gasteiger partial charge in [0.2, 0.25) is 0 Å². The van der Waals surface area contributed by atoms with Gasteiger partial charge in [0.05, 0.1) is 33.8 Å². The number of ether oxygens (including phenoxy) is 3. The quantitative estimate of drug-likeness (QED) is 0.777. The first kappa shape index (κ1) is 20.5. The molecule has 0 radical (unpaired) electrons. The lowest BCUT2D eigenvalue weighted by atomic mass is 9.90. The summed E-state index contributed by atoms with van der Waals surface area (Å²) in [6.07, 6.45) is 0.703. The van der Waals surface area contributed by atoms with Crippen molar-refractivity contribution < 1.29 is 23.8 Å². The van der Waals surface area contributed by atoms with Crippen LogP contribution in [0, 0.1) is 6.92 Å². The minimum Gasteiger partial charge on any atom is -0.493 e. The monoisotopic (exact) mass is 398 g/mol. The lowest BCUT2D eigenvalue weighted by Gasteiger charge is -2.37. The summed E-state index contributed by atoms with van der Waals surface area (Å²) in [5.74, 6) is 0.800. The van der Waals surface area contributed by atoms with E-state index in [1.165, 1.54) is 7.11 Å². The highest BCUT2D eigenvalue weighted by Gasteiger charge is 2.34. The van der Waals surface area contributed by atoms with E-state index in [0.717, 1.165) is 22.4 Å². The van der Waals surface area contributed by atoms with Gasteiger partial charge in [-0.05, 0) is 48.2 Å². The van der Waals surface area contributed by atoms with Crippen molar-refractivity contribution in [1.82, 2.24) is 4.90 Å². The van der Waals surface area contributed by atoms with Crippen molar-refractivity contribution in [3.05, 3.63) is 53.1 Å². The van der Waals surface area contributed by atoms with E-state index in [9.17, 15) is 9.59 Å². The molecule has 0 aliphatic carbocycles. The highest BCUT2D eigenvalue weighted by molar-refractivity contribution is 5.91. The number of benzene rings is 2. The Morgan fingerprint density at radius 1 is 1.10 bits per heavy atom. The first-order valence-corrected chi connectivity index (χ1v) is 9.43. The molecule has 1 aliphatic rings. The van der Waals surface area contributed by atoms with Crippen LogP contribution in [0.25, 0.3) is 0 Å². The average Bonchev–Trinajstić information content (AvgIpc) is 2.74. The van der Waals surface area contributed by atoms with Crippen LogP contribution in [0.3, 0.4) is 0 Å². The fourth-order valence-corrected chi connectivity index (χ4v) is 3.63. The molecular weight excluding hydrogens is 372 g/mol. The molecule has 0 saturated heterocycles. The molecule has 154 valence electrons. The van der Waals surface area contributed by atoms with Gasteiger partial charge in [-0.2, -0.15) is 0 Å². The van der Waals surface area contributed by atoms with Gasteiger partial charge in [0.15, 0.2) is 11.5 Å². The van der Waals surface area contributed by atoms with Crippen LogP contribution in [0.15, 0.2) is 36.4 Å². The summed E-state index contributed by atoms with van der Waals surface area (Å²) >= 11 is 0. The Balaban J connectivity index is 1.96. The first-order valence-electron chi connectivity index (χ1n) is 9.43.